The van der Waals surface area contributed by atoms with Crippen molar-refractivity contribution in [1.82, 2.24) is 10.6 Å². The number of nitrogens with zero attached hydrogens (tertiary/aromatic N) is 1. The molecule has 0 amide bonds. The minimum atomic E-state index is -4.29. The zero-order chi connectivity index (χ0) is 17.1. The number of benzene rings is 1. The number of aliphatic imine (C=N–C) groups is 1. The van der Waals surface area contributed by atoms with Gasteiger partial charge in [0.15, 0.2) is 5.96 Å². The van der Waals surface area contributed by atoms with E-state index in [4.69, 9.17) is 0 Å². The van der Waals surface area contributed by atoms with E-state index in [-0.39, 0.29) is 6.61 Å². The Morgan fingerprint density at radius 2 is 1.78 bits per heavy atom. The number of nitrogens with one attached hydrogen (secondary N) is 2. The Hall–Kier alpha value is -1.76. The number of halogens is 3. The van der Waals surface area contributed by atoms with E-state index in [1.54, 1.807) is 19.2 Å². The van der Waals surface area contributed by atoms with Crippen molar-refractivity contribution in [2.24, 2.45) is 4.99 Å². The lowest BCUT2D eigenvalue weighted by Crippen LogP contribution is -2.37. The minimum absolute atomic E-state index is 0.0482. The molecule has 7 heteroatoms. The third-order valence-electron chi connectivity index (χ3n) is 3.06. The van der Waals surface area contributed by atoms with Gasteiger partial charge in [-0.05, 0) is 17.5 Å². The number of rotatable bonds is 8. The topological polar surface area (TPSA) is 45.7 Å². The van der Waals surface area contributed by atoms with Gasteiger partial charge in [-0.3, -0.25) is 4.99 Å². The van der Waals surface area contributed by atoms with Gasteiger partial charge in [0, 0.05) is 20.1 Å². The molecular formula is C16H24F3N3O. The summed E-state index contributed by atoms with van der Waals surface area (Å²) in [5.74, 6) is 0.732. The van der Waals surface area contributed by atoms with Crippen LogP contribution in [0.2, 0.25) is 0 Å². The molecule has 0 spiro atoms. The van der Waals surface area contributed by atoms with Crippen molar-refractivity contribution in [1.29, 1.82) is 0 Å². The maximum absolute atomic E-state index is 12.0. The molecule has 0 aliphatic rings. The fourth-order valence-electron chi connectivity index (χ4n) is 1.83. The maximum Gasteiger partial charge on any atom is 0.411 e. The SMILES string of the molecule is CCCCNC(=NC)NCc1ccc(COCC(F)(F)F)cc1. The first-order valence-corrected chi connectivity index (χ1v) is 7.61. The Kier molecular flexibility index (Phi) is 8.47. The molecule has 2 N–H and O–H groups in total. The number of guanidine groups is 1. The molecule has 0 heterocycles. The molecule has 0 saturated heterocycles. The van der Waals surface area contributed by atoms with Crippen molar-refractivity contribution in [2.45, 2.75) is 39.1 Å². The summed E-state index contributed by atoms with van der Waals surface area (Å²) in [6, 6.07) is 7.25. The highest BCUT2D eigenvalue weighted by Crippen LogP contribution is 2.15. The fourth-order valence-corrected chi connectivity index (χ4v) is 1.83. The molecule has 0 fully saturated rings. The van der Waals surface area contributed by atoms with Crippen LogP contribution in [0.3, 0.4) is 0 Å². The van der Waals surface area contributed by atoms with Crippen LogP contribution >= 0.6 is 0 Å². The lowest BCUT2D eigenvalue weighted by atomic mass is 10.1. The Balaban J connectivity index is 2.35. The molecule has 0 atom stereocenters. The molecule has 0 radical (unpaired) electrons. The van der Waals surface area contributed by atoms with Gasteiger partial charge in [0.1, 0.15) is 6.61 Å². The molecule has 1 aromatic rings. The van der Waals surface area contributed by atoms with Gasteiger partial charge in [-0.2, -0.15) is 13.2 Å². The molecular weight excluding hydrogens is 307 g/mol. The summed E-state index contributed by atoms with van der Waals surface area (Å²) in [6.07, 6.45) is -2.10. The second kappa shape index (κ2) is 10.1. The van der Waals surface area contributed by atoms with E-state index in [9.17, 15) is 13.2 Å². The summed E-state index contributed by atoms with van der Waals surface area (Å²) in [5.41, 5.74) is 1.73. The maximum atomic E-state index is 12.0. The van der Waals surface area contributed by atoms with Crippen LogP contribution in [-0.4, -0.2) is 32.3 Å². The molecule has 0 saturated carbocycles. The van der Waals surface area contributed by atoms with Crippen molar-refractivity contribution in [3.63, 3.8) is 0 Å². The van der Waals surface area contributed by atoms with Gasteiger partial charge in [-0.1, -0.05) is 37.6 Å². The summed E-state index contributed by atoms with van der Waals surface area (Å²) < 4.78 is 40.6. The number of unbranched alkanes of at least 4 members (excludes halogenated alkanes) is 1. The Bertz CT molecular complexity index is 472. The quantitative estimate of drug-likeness (QED) is 0.437. The number of hydrogen-bond acceptors (Lipinski definition) is 2. The van der Waals surface area contributed by atoms with Gasteiger partial charge in [-0.15, -0.1) is 0 Å². The van der Waals surface area contributed by atoms with Gasteiger partial charge in [0.2, 0.25) is 0 Å². The minimum Gasteiger partial charge on any atom is -0.367 e. The molecule has 0 unspecified atom stereocenters. The second-order valence-corrected chi connectivity index (χ2v) is 5.13. The highest BCUT2D eigenvalue weighted by Gasteiger charge is 2.27. The van der Waals surface area contributed by atoms with Crippen molar-refractivity contribution in [3.05, 3.63) is 35.4 Å². The standard InChI is InChI=1S/C16H24F3N3O/c1-3-4-9-21-15(20-2)22-10-13-5-7-14(8-6-13)11-23-12-16(17,18)19/h5-8H,3-4,9-12H2,1-2H3,(H2,20,21,22). The van der Waals surface area contributed by atoms with Crippen molar-refractivity contribution in [2.75, 3.05) is 20.2 Å². The molecule has 0 aliphatic heterocycles. The average Bonchev–Trinajstić information content (AvgIpc) is 2.51. The molecule has 23 heavy (non-hydrogen) atoms. The number of hydrogen-bond donors (Lipinski definition) is 2. The molecule has 4 nitrogen and oxygen atoms in total. The molecule has 0 aromatic heterocycles. The summed E-state index contributed by atoms with van der Waals surface area (Å²) in [5, 5.41) is 6.39. The highest BCUT2D eigenvalue weighted by molar-refractivity contribution is 5.79. The van der Waals surface area contributed by atoms with Crippen molar-refractivity contribution in [3.8, 4) is 0 Å². The van der Waals surface area contributed by atoms with E-state index >= 15 is 0 Å². The Morgan fingerprint density at radius 3 is 2.35 bits per heavy atom. The lowest BCUT2D eigenvalue weighted by Gasteiger charge is -2.12. The van der Waals surface area contributed by atoms with Crippen LogP contribution in [0.15, 0.2) is 29.3 Å². The van der Waals surface area contributed by atoms with Crippen LogP contribution in [0.5, 0.6) is 0 Å². The second-order valence-electron chi connectivity index (χ2n) is 5.13. The van der Waals surface area contributed by atoms with Gasteiger partial charge in [0.05, 0.1) is 6.61 Å². The zero-order valence-corrected chi connectivity index (χ0v) is 13.5. The average molecular weight is 331 g/mol. The predicted molar refractivity (Wildman–Crippen MR) is 85.3 cm³/mol. The monoisotopic (exact) mass is 331 g/mol. The van der Waals surface area contributed by atoms with Crippen LogP contribution in [0.25, 0.3) is 0 Å². The largest absolute Gasteiger partial charge is 0.411 e. The Morgan fingerprint density at radius 1 is 1.13 bits per heavy atom. The van der Waals surface area contributed by atoms with E-state index in [0.29, 0.717) is 12.1 Å². The van der Waals surface area contributed by atoms with Gasteiger partial charge in [0.25, 0.3) is 0 Å². The third-order valence-corrected chi connectivity index (χ3v) is 3.06. The van der Waals surface area contributed by atoms with E-state index < -0.39 is 12.8 Å². The zero-order valence-electron chi connectivity index (χ0n) is 13.5. The summed E-state index contributed by atoms with van der Waals surface area (Å²) in [4.78, 5) is 4.12. The van der Waals surface area contributed by atoms with Gasteiger partial charge in [-0.25, -0.2) is 0 Å². The molecule has 130 valence electrons. The van der Waals surface area contributed by atoms with Crippen LogP contribution in [-0.2, 0) is 17.9 Å². The molecule has 0 aliphatic carbocycles. The normalized spacial score (nSPS) is 12.3. The van der Waals surface area contributed by atoms with E-state index in [1.807, 2.05) is 12.1 Å². The number of alkyl halides is 3. The summed E-state index contributed by atoms with van der Waals surface area (Å²) in [6.45, 7) is 2.31. The van der Waals surface area contributed by atoms with Crippen molar-refractivity contribution < 1.29 is 17.9 Å². The predicted octanol–water partition coefficient (Wildman–Crippen LogP) is 3.23. The highest BCUT2D eigenvalue weighted by atomic mass is 19.4. The third kappa shape index (κ3) is 9.07. The van der Waals surface area contributed by atoms with Crippen molar-refractivity contribution >= 4 is 5.96 Å². The first-order chi connectivity index (χ1) is 10.9. The van der Waals surface area contributed by atoms with E-state index in [0.717, 1.165) is 30.9 Å². The first-order valence-electron chi connectivity index (χ1n) is 7.61. The summed E-state index contributed by atoms with van der Waals surface area (Å²) in [7, 11) is 1.71. The van der Waals surface area contributed by atoms with Crippen LogP contribution in [0.1, 0.15) is 30.9 Å². The van der Waals surface area contributed by atoms with Gasteiger partial charge >= 0.3 is 6.18 Å². The van der Waals surface area contributed by atoms with Gasteiger partial charge < -0.3 is 15.4 Å². The van der Waals surface area contributed by atoms with Crippen LogP contribution in [0, 0.1) is 0 Å². The van der Waals surface area contributed by atoms with Crippen LogP contribution in [0.4, 0.5) is 13.2 Å². The smallest absolute Gasteiger partial charge is 0.367 e. The first kappa shape index (κ1) is 19.3. The van der Waals surface area contributed by atoms with E-state index in [2.05, 4.69) is 27.3 Å². The summed E-state index contributed by atoms with van der Waals surface area (Å²) >= 11 is 0. The lowest BCUT2D eigenvalue weighted by molar-refractivity contribution is -0.176. The molecule has 1 rings (SSSR count). The van der Waals surface area contributed by atoms with E-state index in [1.165, 1.54) is 0 Å². The molecule has 1 aromatic carbocycles. The van der Waals surface area contributed by atoms with Crippen LogP contribution < -0.4 is 10.6 Å². The Labute approximate surface area is 135 Å². The molecule has 0 bridgehead atoms. The number of ether oxygens (including phenoxy) is 1. The fraction of sp³-hybridized carbons (Fsp3) is 0.562.